The molecule has 0 atom stereocenters. The minimum absolute atomic E-state index is 0.752. The molecule has 0 aliphatic rings. The summed E-state index contributed by atoms with van der Waals surface area (Å²) in [5.41, 5.74) is 1.18. The lowest BCUT2D eigenvalue weighted by Crippen LogP contribution is -2.17. The smallest absolute Gasteiger partial charge is 0.151 e. The number of nitrogens with zero attached hydrogens (tertiary/aromatic N) is 2. The highest BCUT2D eigenvalue weighted by atomic mass is 16.3. The van der Waals surface area contributed by atoms with Crippen molar-refractivity contribution in [3.05, 3.63) is 35.3 Å². The first-order valence-corrected chi connectivity index (χ1v) is 5.37. The Hall–Kier alpha value is -1.62. The monoisotopic (exact) mass is 220 g/mol. The number of furan rings is 1. The van der Waals surface area contributed by atoms with Gasteiger partial charge in [0.25, 0.3) is 0 Å². The Morgan fingerprint density at radius 3 is 2.94 bits per heavy atom. The van der Waals surface area contributed by atoms with Crippen LogP contribution in [-0.2, 0) is 13.0 Å². The average molecular weight is 220 g/mol. The molecule has 0 aliphatic heterocycles. The van der Waals surface area contributed by atoms with Crippen molar-refractivity contribution in [3.63, 3.8) is 0 Å². The van der Waals surface area contributed by atoms with Crippen LogP contribution in [0, 0.1) is 13.8 Å². The number of aromatic amines is 1. The molecule has 5 nitrogen and oxygen atoms in total. The molecule has 0 aromatic carbocycles. The molecular formula is C11H16N4O. The van der Waals surface area contributed by atoms with E-state index in [-0.39, 0.29) is 0 Å². The van der Waals surface area contributed by atoms with E-state index in [9.17, 15) is 0 Å². The van der Waals surface area contributed by atoms with Crippen molar-refractivity contribution in [2.45, 2.75) is 26.8 Å². The molecule has 0 amide bonds. The topological polar surface area (TPSA) is 66.7 Å². The molecule has 2 N–H and O–H groups in total. The molecule has 2 heterocycles. The molecule has 16 heavy (non-hydrogen) atoms. The van der Waals surface area contributed by atoms with Crippen LogP contribution in [0.1, 0.15) is 23.0 Å². The van der Waals surface area contributed by atoms with Crippen molar-refractivity contribution >= 4 is 0 Å². The standard InChI is InChI=1S/C11H16N4O/c1-8-4-6-16-10(8)7-12-5-3-11-13-9(2)14-15-11/h4,6,12H,3,5,7H2,1-2H3,(H,13,14,15). The quantitative estimate of drug-likeness (QED) is 0.746. The second kappa shape index (κ2) is 4.94. The summed E-state index contributed by atoms with van der Waals surface area (Å²) in [6.45, 7) is 5.54. The van der Waals surface area contributed by atoms with Crippen molar-refractivity contribution in [2.24, 2.45) is 0 Å². The first-order valence-electron chi connectivity index (χ1n) is 5.37. The third-order valence-electron chi connectivity index (χ3n) is 2.42. The summed E-state index contributed by atoms with van der Waals surface area (Å²) < 4.78 is 5.32. The minimum atomic E-state index is 0.752. The highest BCUT2D eigenvalue weighted by Gasteiger charge is 2.02. The van der Waals surface area contributed by atoms with Crippen LogP contribution in [-0.4, -0.2) is 21.7 Å². The maximum atomic E-state index is 5.32. The molecule has 2 aromatic heterocycles. The summed E-state index contributed by atoms with van der Waals surface area (Å²) in [5.74, 6) is 2.70. The molecule has 5 heteroatoms. The fourth-order valence-electron chi connectivity index (χ4n) is 1.49. The highest BCUT2D eigenvalue weighted by Crippen LogP contribution is 2.07. The van der Waals surface area contributed by atoms with Crippen LogP contribution in [0.5, 0.6) is 0 Å². The van der Waals surface area contributed by atoms with E-state index in [2.05, 4.69) is 20.5 Å². The number of hydrogen-bond donors (Lipinski definition) is 2. The summed E-state index contributed by atoms with van der Waals surface area (Å²) in [7, 11) is 0. The molecule has 0 bridgehead atoms. The van der Waals surface area contributed by atoms with Gasteiger partial charge >= 0.3 is 0 Å². The Morgan fingerprint density at radius 2 is 2.31 bits per heavy atom. The zero-order valence-electron chi connectivity index (χ0n) is 9.58. The van der Waals surface area contributed by atoms with Crippen molar-refractivity contribution in [1.29, 1.82) is 0 Å². The molecule has 0 aliphatic carbocycles. The van der Waals surface area contributed by atoms with Crippen LogP contribution in [0.25, 0.3) is 0 Å². The zero-order valence-corrected chi connectivity index (χ0v) is 9.58. The predicted octanol–water partition coefficient (Wildman–Crippen LogP) is 1.35. The summed E-state index contributed by atoms with van der Waals surface area (Å²) in [6.07, 6.45) is 2.54. The van der Waals surface area contributed by atoms with E-state index in [1.807, 2.05) is 19.9 Å². The van der Waals surface area contributed by atoms with Crippen LogP contribution in [0.4, 0.5) is 0 Å². The molecule has 0 fully saturated rings. The Balaban J connectivity index is 1.71. The van der Waals surface area contributed by atoms with Crippen molar-refractivity contribution < 1.29 is 4.42 Å². The van der Waals surface area contributed by atoms with E-state index in [4.69, 9.17) is 4.42 Å². The van der Waals surface area contributed by atoms with Gasteiger partial charge in [-0.05, 0) is 25.5 Å². The largest absolute Gasteiger partial charge is 0.468 e. The van der Waals surface area contributed by atoms with Gasteiger partial charge in [-0.25, -0.2) is 4.98 Å². The Morgan fingerprint density at radius 1 is 1.44 bits per heavy atom. The van der Waals surface area contributed by atoms with E-state index in [1.165, 1.54) is 5.56 Å². The number of aryl methyl sites for hydroxylation is 2. The first kappa shape index (κ1) is 10.9. The third-order valence-corrected chi connectivity index (χ3v) is 2.42. The highest BCUT2D eigenvalue weighted by molar-refractivity contribution is 5.14. The molecule has 0 unspecified atom stereocenters. The molecule has 0 radical (unpaired) electrons. The predicted molar refractivity (Wildman–Crippen MR) is 60.0 cm³/mol. The summed E-state index contributed by atoms with van der Waals surface area (Å²) >= 11 is 0. The van der Waals surface area contributed by atoms with Crippen LogP contribution in [0.3, 0.4) is 0 Å². The lowest BCUT2D eigenvalue weighted by molar-refractivity contribution is 0.480. The Kier molecular flexibility index (Phi) is 3.36. The molecule has 86 valence electrons. The zero-order chi connectivity index (χ0) is 11.4. The van der Waals surface area contributed by atoms with Gasteiger partial charge in [-0.1, -0.05) is 0 Å². The van der Waals surface area contributed by atoms with E-state index in [0.717, 1.165) is 36.9 Å². The fraction of sp³-hybridized carbons (Fsp3) is 0.455. The van der Waals surface area contributed by atoms with Crippen LogP contribution in [0.15, 0.2) is 16.7 Å². The lowest BCUT2D eigenvalue weighted by atomic mass is 10.3. The van der Waals surface area contributed by atoms with Crippen molar-refractivity contribution in [1.82, 2.24) is 20.5 Å². The Bertz CT molecular complexity index is 446. The maximum absolute atomic E-state index is 5.32. The molecule has 0 saturated carbocycles. The summed E-state index contributed by atoms with van der Waals surface area (Å²) in [4.78, 5) is 4.23. The van der Waals surface area contributed by atoms with Gasteiger partial charge < -0.3 is 9.73 Å². The number of H-pyrrole nitrogens is 1. The van der Waals surface area contributed by atoms with Crippen LogP contribution < -0.4 is 5.32 Å². The average Bonchev–Trinajstić information content (AvgIpc) is 2.83. The Labute approximate surface area is 94.3 Å². The van der Waals surface area contributed by atoms with Gasteiger partial charge in [0.2, 0.25) is 0 Å². The van der Waals surface area contributed by atoms with E-state index in [0.29, 0.717) is 0 Å². The summed E-state index contributed by atoms with van der Waals surface area (Å²) in [6, 6.07) is 1.97. The van der Waals surface area contributed by atoms with Crippen molar-refractivity contribution in [2.75, 3.05) is 6.54 Å². The fourth-order valence-corrected chi connectivity index (χ4v) is 1.49. The van der Waals surface area contributed by atoms with E-state index >= 15 is 0 Å². The number of rotatable bonds is 5. The van der Waals surface area contributed by atoms with Gasteiger partial charge in [-0.2, -0.15) is 5.10 Å². The molecule has 0 spiro atoms. The van der Waals surface area contributed by atoms with Crippen LogP contribution in [0.2, 0.25) is 0 Å². The maximum Gasteiger partial charge on any atom is 0.151 e. The molecule has 2 rings (SSSR count). The second-order valence-corrected chi connectivity index (χ2v) is 3.79. The normalized spacial score (nSPS) is 10.9. The second-order valence-electron chi connectivity index (χ2n) is 3.79. The van der Waals surface area contributed by atoms with Gasteiger partial charge in [0.05, 0.1) is 12.8 Å². The summed E-state index contributed by atoms with van der Waals surface area (Å²) in [5, 5.41) is 10.2. The SMILES string of the molecule is Cc1nc(CCNCc2occc2C)n[nH]1. The van der Waals surface area contributed by atoms with Gasteiger partial charge in [0.1, 0.15) is 11.6 Å². The van der Waals surface area contributed by atoms with E-state index < -0.39 is 0 Å². The molecular weight excluding hydrogens is 204 g/mol. The minimum Gasteiger partial charge on any atom is -0.468 e. The van der Waals surface area contributed by atoms with Gasteiger partial charge in [0, 0.05) is 13.0 Å². The van der Waals surface area contributed by atoms with Gasteiger partial charge in [-0.15, -0.1) is 0 Å². The number of aromatic nitrogens is 3. The van der Waals surface area contributed by atoms with Crippen molar-refractivity contribution in [3.8, 4) is 0 Å². The van der Waals surface area contributed by atoms with Crippen LogP contribution >= 0.6 is 0 Å². The first-order chi connectivity index (χ1) is 7.75. The molecule has 2 aromatic rings. The lowest BCUT2D eigenvalue weighted by Gasteiger charge is -2.01. The van der Waals surface area contributed by atoms with Gasteiger partial charge in [0.15, 0.2) is 5.82 Å². The number of hydrogen-bond acceptors (Lipinski definition) is 4. The van der Waals surface area contributed by atoms with Gasteiger partial charge in [-0.3, -0.25) is 5.10 Å². The third kappa shape index (κ3) is 2.70. The van der Waals surface area contributed by atoms with E-state index in [1.54, 1.807) is 6.26 Å². The number of nitrogens with one attached hydrogen (secondary N) is 2. The molecule has 0 saturated heterocycles.